The average Bonchev–Trinajstić information content (AvgIpc) is 2.43. The van der Waals surface area contributed by atoms with Crippen LogP contribution in [0.2, 0.25) is 0 Å². The molecule has 0 aromatic heterocycles. The number of carbonyl (C=O) groups excluding carboxylic acids is 1. The molecular formula is C14H21F2N3O. The Morgan fingerprint density at radius 2 is 1.80 bits per heavy atom. The molecule has 0 aliphatic heterocycles. The van der Waals surface area contributed by atoms with Crippen molar-refractivity contribution in [1.82, 2.24) is 10.2 Å². The third-order valence-electron chi connectivity index (χ3n) is 3.01. The molecule has 1 aromatic rings. The van der Waals surface area contributed by atoms with Crippen molar-refractivity contribution in [2.75, 3.05) is 38.0 Å². The first-order valence-corrected chi connectivity index (χ1v) is 6.75. The highest BCUT2D eigenvalue weighted by molar-refractivity contribution is 5.92. The van der Waals surface area contributed by atoms with Crippen molar-refractivity contribution in [1.29, 1.82) is 0 Å². The van der Waals surface area contributed by atoms with Gasteiger partial charge in [-0.15, -0.1) is 0 Å². The number of nitrogens with one attached hydrogen (secondary N) is 2. The van der Waals surface area contributed by atoms with E-state index in [2.05, 4.69) is 29.4 Å². The zero-order valence-electron chi connectivity index (χ0n) is 11.9. The highest BCUT2D eigenvalue weighted by atomic mass is 19.1. The van der Waals surface area contributed by atoms with E-state index in [0.29, 0.717) is 6.54 Å². The molecule has 1 rings (SSSR count). The lowest BCUT2D eigenvalue weighted by molar-refractivity contribution is -0.115. The Bertz CT molecular complexity index is 416. The van der Waals surface area contributed by atoms with Crippen molar-refractivity contribution >= 4 is 11.6 Å². The number of likely N-dealkylation sites (N-methyl/N-ethyl adjacent to an activating group) is 1. The van der Waals surface area contributed by atoms with E-state index >= 15 is 0 Å². The van der Waals surface area contributed by atoms with Gasteiger partial charge in [-0.25, -0.2) is 8.78 Å². The van der Waals surface area contributed by atoms with Crippen LogP contribution in [0.1, 0.15) is 13.8 Å². The van der Waals surface area contributed by atoms with Crippen LogP contribution in [0, 0.1) is 11.6 Å². The Morgan fingerprint density at radius 3 is 2.35 bits per heavy atom. The second kappa shape index (κ2) is 8.60. The summed E-state index contributed by atoms with van der Waals surface area (Å²) in [6, 6.07) is 3.46. The second-order valence-corrected chi connectivity index (χ2v) is 4.35. The minimum atomic E-state index is -0.776. The topological polar surface area (TPSA) is 44.4 Å². The molecule has 0 heterocycles. The number of hydrogen-bond acceptors (Lipinski definition) is 3. The quantitative estimate of drug-likeness (QED) is 0.716. The second-order valence-electron chi connectivity index (χ2n) is 4.35. The summed E-state index contributed by atoms with van der Waals surface area (Å²) < 4.78 is 26.6. The smallest absolute Gasteiger partial charge is 0.238 e. The fraction of sp³-hybridized carbons (Fsp3) is 0.500. The van der Waals surface area contributed by atoms with Crippen molar-refractivity contribution in [2.45, 2.75) is 13.8 Å². The molecule has 20 heavy (non-hydrogen) atoms. The molecule has 2 N–H and O–H groups in total. The number of amides is 1. The lowest BCUT2D eigenvalue weighted by atomic mass is 10.3. The maximum atomic E-state index is 13.3. The molecule has 0 saturated carbocycles. The molecule has 0 aliphatic carbocycles. The van der Waals surface area contributed by atoms with Crippen LogP contribution in [0.15, 0.2) is 18.2 Å². The van der Waals surface area contributed by atoms with Crippen molar-refractivity contribution in [2.24, 2.45) is 0 Å². The van der Waals surface area contributed by atoms with Crippen LogP contribution in [-0.4, -0.2) is 43.5 Å². The van der Waals surface area contributed by atoms with Gasteiger partial charge in [0.15, 0.2) is 0 Å². The first-order valence-electron chi connectivity index (χ1n) is 6.75. The van der Waals surface area contributed by atoms with Gasteiger partial charge in [0, 0.05) is 13.1 Å². The van der Waals surface area contributed by atoms with Crippen LogP contribution < -0.4 is 10.6 Å². The Balaban J connectivity index is 2.34. The van der Waals surface area contributed by atoms with Gasteiger partial charge in [0.25, 0.3) is 0 Å². The number of hydrogen-bond donors (Lipinski definition) is 2. The first kappa shape index (κ1) is 16.5. The van der Waals surface area contributed by atoms with Crippen molar-refractivity contribution in [3.63, 3.8) is 0 Å². The van der Waals surface area contributed by atoms with E-state index in [1.807, 2.05) is 0 Å². The van der Waals surface area contributed by atoms with Gasteiger partial charge in [-0.3, -0.25) is 4.79 Å². The largest absolute Gasteiger partial charge is 0.320 e. The zero-order chi connectivity index (χ0) is 15.0. The fourth-order valence-electron chi connectivity index (χ4n) is 1.78. The van der Waals surface area contributed by atoms with E-state index < -0.39 is 23.2 Å². The highest BCUT2D eigenvalue weighted by Crippen LogP contribution is 2.17. The van der Waals surface area contributed by atoms with E-state index in [1.165, 1.54) is 6.07 Å². The molecule has 0 saturated heterocycles. The third kappa shape index (κ3) is 5.22. The number of carbonyl (C=O) groups is 1. The molecular weight excluding hydrogens is 264 g/mol. The maximum absolute atomic E-state index is 13.3. The van der Waals surface area contributed by atoms with E-state index in [0.717, 1.165) is 31.8 Å². The predicted molar refractivity (Wildman–Crippen MR) is 75.6 cm³/mol. The summed E-state index contributed by atoms with van der Waals surface area (Å²) in [6.07, 6.45) is 0. The lowest BCUT2D eigenvalue weighted by Gasteiger charge is -2.17. The van der Waals surface area contributed by atoms with Crippen LogP contribution in [0.25, 0.3) is 0 Å². The van der Waals surface area contributed by atoms with Crippen molar-refractivity contribution < 1.29 is 13.6 Å². The molecule has 112 valence electrons. The predicted octanol–water partition coefficient (Wildman–Crippen LogP) is 1.83. The molecule has 1 aromatic carbocycles. The van der Waals surface area contributed by atoms with Gasteiger partial charge in [0.2, 0.25) is 5.91 Å². The van der Waals surface area contributed by atoms with E-state index in [1.54, 1.807) is 0 Å². The van der Waals surface area contributed by atoms with E-state index in [4.69, 9.17) is 0 Å². The molecule has 0 unspecified atom stereocenters. The summed E-state index contributed by atoms with van der Waals surface area (Å²) in [7, 11) is 0. The van der Waals surface area contributed by atoms with Crippen LogP contribution in [0.5, 0.6) is 0 Å². The lowest BCUT2D eigenvalue weighted by Crippen LogP contribution is -2.35. The van der Waals surface area contributed by atoms with E-state index in [-0.39, 0.29) is 6.54 Å². The van der Waals surface area contributed by atoms with Crippen molar-refractivity contribution in [3.8, 4) is 0 Å². The van der Waals surface area contributed by atoms with Crippen molar-refractivity contribution in [3.05, 3.63) is 29.8 Å². The number of anilines is 1. The Hall–Kier alpha value is -1.53. The number of para-hydroxylation sites is 1. The molecule has 0 atom stereocenters. The highest BCUT2D eigenvalue weighted by Gasteiger charge is 2.11. The fourth-order valence-corrected chi connectivity index (χ4v) is 1.78. The minimum Gasteiger partial charge on any atom is -0.320 e. The standard InChI is InChI=1S/C14H21F2N3O/c1-3-19(4-2)9-8-17-10-13(20)18-14-11(15)6-5-7-12(14)16/h5-7,17H,3-4,8-10H2,1-2H3,(H,18,20). The molecule has 0 bridgehead atoms. The normalized spacial score (nSPS) is 10.8. The monoisotopic (exact) mass is 285 g/mol. The number of rotatable bonds is 8. The molecule has 0 spiro atoms. The summed E-state index contributed by atoms with van der Waals surface area (Å²) in [5, 5.41) is 5.17. The van der Waals surface area contributed by atoms with Crippen LogP contribution in [-0.2, 0) is 4.79 Å². The molecule has 0 radical (unpaired) electrons. The van der Waals surface area contributed by atoms with E-state index in [9.17, 15) is 13.6 Å². The van der Waals surface area contributed by atoms with Gasteiger partial charge >= 0.3 is 0 Å². The number of benzene rings is 1. The minimum absolute atomic E-state index is 0.0229. The summed E-state index contributed by atoms with van der Waals surface area (Å²) in [5.41, 5.74) is -0.400. The molecule has 6 heteroatoms. The zero-order valence-corrected chi connectivity index (χ0v) is 11.9. The Morgan fingerprint density at radius 1 is 1.20 bits per heavy atom. The van der Waals surface area contributed by atoms with Crippen LogP contribution >= 0.6 is 0 Å². The Labute approximate surface area is 118 Å². The summed E-state index contributed by atoms with van der Waals surface area (Å²) in [4.78, 5) is 13.8. The summed E-state index contributed by atoms with van der Waals surface area (Å²) in [6.45, 7) is 7.53. The first-order chi connectivity index (χ1) is 9.58. The third-order valence-corrected chi connectivity index (χ3v) is 3.01. The van der Waals surface area contributed by atoms with Gasteiger partial charge in [-0.2, -0.15) is 0 Å². The number of halogens is 2. The van der Waals surface area contributed by atoms with Gasteiger partial charge in [-0.05, 0) is 25.2 Å². The van der Waals surface area contributed by atoms with Gasteiger partial charge in [0.1, 0.15) is 17.3 Å². The summed E-state index contributed by atoms with van der Waals surface area (Å²) >= 11 is 0. The SMILES string of the molecule is CCN(CC)CCNCC(=O)Nc1c(F)cccc1F. The van der Waals surface area contributed by atoms with Crippen LogP contribution in [0.3, 0.4) is 0 Å². The maximum Gasteiger partial charge on any atom is 0.238 e. The molecule has 4 nitrogen and oxygen atoms in total. The van der Waals surface area contributed by atoms with Gasteiger partial charge < -0.3 is 15.5 Å². The van der Waals surface area contributed by atoms with Gasteiger partial charge in [0.05, 0.1) is 6.54 Å². The molecule has 1 amide bonds. The molecule has 0 fully saturated rings. The van der Waals surface area contributed by atoms with Gasteiger partial charge in [-0.1, -0.05) is 19.9 Å². The number of nitrogens with zero attached hydrogens (tertiary/aromatic N) is 1. The summed E-state index contributed by atoms with van der Waals surface area (Å²) in [5.74, 6) is -2.02. The average molecular weight is 285 g/mol. The molecule has 0 aliphatic rings. The Kier molecular flexibility index (Phi) is 7.11. The van der Waals surface area contributed by atoms with Crippen LogP contribution in [0.4, 0.5) is 14.5 Å².